The van der Waals surface area contributed by atoms with Crippen LogP contribution in [0, 0.1) is 0 Å². The van der Waals surface area contributed by atoms with Crippen LogP contribution in [0.4, 0.5) is 0 Å². The molecule has 4 heteroatoms. The third kappa shape index (κ3) is 5.53. The number of aliphatic hydroxyl groups is 1. The molecule has 148 valence electrons. The minimum absolute atomic E-state index is 0.0922. The minimum Gasteiger partial charge on any atom is -0.411 e. The minimum atomic E-state index is -2.01. The highest BCUT2D eigenvalue weighted by Crippen LogP contribution is 2.40. The zero-order valence-corrected chi connectivity index (χ0v) is 18.9. The summed E-state index contributed by atoms with van der Waals surface area (Å²) in [5.74, 6) is 0. The number of hydrogen-bond donors (Lipinski definition) is 1. The topological polar surface area (TPSA) is 38.7 Å². The van der Waals surface area contributed by atoms with E-state index in [1.807, 2.05) is 44.2 Å². The molecule has 0 aromatic heterocycles. The molecule has 0 aliphatic carbocycles. The van der Waals surface area contributed by atoms with Crippen molar-refractivity contribution in [2.45, 2.75) is 90.5 Å². The Morgan fingerprint density at radius 2 is 1.69 bits per heavy atom. The molecule has 1 aromatic rings. The summed E-state index contributed by atoms with van der Waals surface area (Å²) in [6.45, 7) is 21.4. The van der Waals surface area contributed by atoms with E-state index < -0.39 is 20.0 Å². The lowest BCUT2D eigenvalue weighted by molar-refractivity contribution is -0.164. The molecule has 0 amide bonds. The average Bonchev–Trinajstić information content (AvgIpc) is 2.56. The molecule has 0 heterocycles. The lowest BCUT2D eigenvalue weighted by Crippen LogP contribution is -2.57. The predicted molar refractivity (Wildman–Crippen MR) is 113 cm³/mol. The van der Waals surface area contributed by atoms with Crippen molar-refractivity contribution in [1.82, 2.24) is 0 Å². The molecule has 0 fully saturated rings. The van der Waals surface area contributed by atoms with Gasteiger partial charge in [0.25, 0.3) is 0 Å². The van der Waals surface area contributed by atoms with Crippen molar-refractivity contribution in [2.75, 3.05) is 0 Å². The zero-order chi connectivity index (χ0) is 20.2. The first kappa shape index (κ1) is 23.1. The van der Waals surface area contributed by atoms with E-state index in [-0.39, 0.29) is 11.1 Å². The van der Waals surface area contributed by atoms with Crippen LogP contribution in [0.25, 0.3) is 0 Å². The summed E-state index contributed by atoms with van der Waals surface area (Å²) >= 11 is 0. The Balaban J connectivity index is 3.14. The highest BCUT2D eigenvalue weighted by atomic mass is 28.4. The molecular weight excluding hydrogens is 340 g/mol. The van der Waals surface area contributed by atoms with Gasteiger partial charge in [-0.25, -0.2) is 0 Å². The van der Waals surface area contributed by atoms with Gasteiger partial charge in [0.05, 0.1) is 12.7 Å². The van der Waals surface area contributed by atoms with Crippen LogP contribution in [0.15, 0.2) is 42.5 Å². The maximum Gasteiger partial charge on any atom is 0.192 e. The Morgan fingerprint density at radius 3 is 2.12 bits per heavy atom. The first-order valence-electron chi connectivity index (χ1n) is 9.54. The second-order valence-electron chi connectivity index (χ2n) is 8.98. The molecule has 0 aliphatic rings. The van der Waals surface area contributed by atoms with Crippen LogP contribution in [-0.2, 0) is 15.8 Å². The van der Waals surface area contributed by atoms with Crippen LogP contribution in [0.3, 0.4) is 0 Å². The normalized spacial score (nSPS) is 17.4. The van der Waals surface area contributed by atoms with Gasteiger partial charge in [0, 0.05) is 0 Å². The second kappa shape index (κ2) is 8.83. The molecular formula is C22H38O3Si. The Bertz CT molecular complexity index is 577. The molecule has 3 nitrogen and oxygen atoms in total. The molecule has 1 rings (SSSR count). The van der Waals surface area contributed by atoms with E-state index in [0.29, 0.717) is 12.2 Å². The van der Waals surface area contributed by atoms with E-state index in [1.54, 1.807) is 0 Å². The largest absolute Gasteiger partial charge is 0.411 e. The van der Waals surface area contributed by atoms with Crippen molar-refractivity contribution < 1.29 is 14.3 Å². The predicted octanol–water partition coefficient (Wildman–Crippen LogP) is 5.70. The average molecular weight is 379 g/mol. The first-order valence-corrected chi connectivity index (χ1v) is 12.4. The quantitative estimate of drug-likeness (QED) is 0.442. The van der Waals surface area contributed by atoms with Crippen molar-refractivity contribution in [3.8, 4) is 0 Å². The third-order valence-electron chi connectivity index (χ3n) is 5.66. The van der Waals surface area contributed by atoms with Crippen LogP contribution >= 0.6 is 0 Å². The maximum absolute atomic E-state index is 10.9. The highest BCUT2D eigenvalue weighted by Gasteiger charge is 2.47. The molecule has 3 atom stereocenters. The van der Waals surface area contributed by atoms with Gasteiger partial charge in [-0.2, -0.15) is 0 Å². The molecule has 0 spiro atoms. The molecule has 0 radical (unpaired) electrons. The first-order chi connectivity index (χ1) is 11.8. The van der Waals surface area contributed by atoms with Crippen LogP contribution in [-0.4, -0.2) is 31.2 Å². The van der Waals surface area contributed by atoms with E-state index in [9.17, 15) is 5.11 Å². The van der Waals surface area contributed by atoms with Crippen molar-refractivity contribution in [2.24, 2.45) is 0 Å². The van der Waals surface area contributed by atoms with Crippen LogP contribution < -0.4 is 0 Å². The summed E-state index contributed by atoms with van der Waals surface area (Å²) in [6.07, 6.45) is -0.234. The van der Waals surface area contributed by atoms with Gasteiger partial charge in [0.1, 0.15) is 11.7 Å². The second-order valence-corrected chi connectivity index (χ2v) is 13.7. The van der Waals surface area contributed by atoms with Gasteiger partial charge in [-0.05, 0) is 49.5 Å². The molecule has 1 N–H and O–H groups in total. The van der Waals surface area contributed by atoms with Gasteiger partial charge in [-0.15, -0.1) is 0 Å². The van der Waals surface area contributed by atoms with Gasteiger partial charge in [0.2, 0.25) is 0 Å². The fourth-order valence-corrected chi connectivity index (χ4v) is 4.25. The van der Waals surface area contributed by atoms with Crippen molar-refractivity contribution in [1.29, 1.82) is 0 Å². The summed E-state index contributed by atoms with van der Waals surface area (Å²) < 4.78 is 13.0. The lowest BCUT2D eigenvalue weighted by atomic mass is 9.87. The number of benzene rings is 1. The van der Waals surface area contributed by atoms with Crippen LogP contribution in [0.1, 0.15) is 53.5 Å². The summed E-state index contributed by atoms with van der Waals surface area (Å²) in [6, 6.07) is 10.0. The number of hydrogen-bond acceptors (Lipinski definition) is 3. The molecule has 1 aromatic carbocycles. The van der Waals surface area contributed by atoms with Gasteiger partial charge < -0.3 is 14.3 Å². The maximum atomic E-state index is 10.9. The zero-order valence-electron chi connectivity index (χ0n) is 17.9. The Kier molecular flexibility index (Phi) is 7.84. The van der Waals surface area contributed by atoms with Gasteiger partial charge in [-0.1, -0.05) is 64.6 Å². The fraction of sp³-hybridized carbons (Fsp3) is 0.636. The van der Waals surface area contributed by atoms with Gasteiger partial charge >= 0.3 is 0 Å². The molecule has 0 unspecified atom stereocenters. The molecule has 0 aliphatic heterocycles. The number of aliphatic hydroxyl groups excluding tert-OH is 1. The molecule has 0 saturated carbocycles. The van der Waals surface area contributed by atoms with E-state index >= 15 is 0 Å². The van der Waals surface area contributed by atoms with E-state index in [0.717, 1.165) is 12.0 Å². The molecule has 26 heavy (non-hydrogen) atoms. The number of rotatable bonds is 9. The SMILES string of the molecule is C=C(C)[C@@H](O)[C@](C)(OCc1ccccc1)[C@@H](CC)O[Si](C)(C)C(C)(C)C. The lowest BCUT2D eigenvalue weighted by Gasteiger charge is -2.47. The molecule has 0 bridgehead atoms. The smallest absolute Gasteiger partial charge is 0.192 e. The third-order valence-corrected chi connectivity index (χ3v) is 10.1. The highest BCUT2D eigenvalue weighted by molar-refractivity contribution is 6.74. The Morgan fingerprint density at radius 1 is 1.15 bits per heavy atom. The summed E-state index contributed by atoms with van der Waals surface area (Å²) in [5.41, 5.74) is 0.916. The van der Waals surface area contributed by atoms with Crippen LogP contribution in [0.5, 0.6) is 0 Å². The van der Waals surface area contributed by atoms with Crippen molar-refractivity contribution in [3.63, 3.8) is 0 Å². The summed E-state index contributed by atoms with van der Waals surface area (Å²) in [4.78, 5) is 0. The van der Waals surface area contributed by atoms with E-state index in [1.165, 1.54) is 0 Å². The van der Waals surface area contributed by atoms with Crippen molar-refractivity contribution in [3.05, 3.63) is 48.0 Å². The van der Waals surface area contributed by atoms with E-state index in [2.05, 4.69) is 47.4 Å². The van der Waals surface area contributed by atoms with Gasteiger partial charge in [-0.3, -0.25) is 0 Å². The summed E-state index contributed by atoms with van der Waals surface area (Å²) in [5, 5.41) is 11.0. The van der Waals surface area contributed by atoms with E-state index in [4.69, 9.17) is 9.16 Å². The Hall–Kier alpha value is -0.943. The standard InChI is InChI=1S/C22H38O3Si/c1-10-19(25-26(8,9)21(4,5)6)22(7,20(23)17(2)3)24-16-18-14-12-11-13-15-18/h11-15,19-20,23H,2,10,16H2,1,3-9H3/t19-,20-,22-/m1/s1. The number of ether oxygens (including phenoxy) is 1. The monoisotopic (exact) mass is 378 g/mol. The van der Waals surface area contributed by atoms with Crippen LogP contribution in [0.2, 0.25) is 18.1 Å². The van der Waals surface area contributed by atoms with Gasteiger partial charge in [0.15, 0.2) is 8.32 Å². The Labute approximate surface area is 161 Å². The fourth-order valence-electron chi connectivity index (χ4n) is 2.79. The molecule has 0 saturated heterocycles. The van der Waals surface area contributed by atoms with Crippen molar-refractivity contribution >= 4 is 8.32 Å². The summed E-state index contributed by atoms with van der Waals surface area (Å²) in [7, 11) is -2.01.